The minimum absolute atomic E-state index is 0.0479. The van der Waals surface area contributed by atoms with Gasteiger partial charge in [-0.3, -0.25) is 4.79 Å². The first-order valence-corrected chi connectivity index (χ1v) is 8.65. The molecule has 7 heteroatoms. The van der Waals surface area contributed by atoms with E-state index in [2.05, 4.69) is 29.4 Å². The summed E-state index contributed by atoms with van der Waals surface area (Å²) in [5.74, 6) is 1.44. The lowest BCUT2D eigenvalue weighted by Crippen LogP contribution is -2.43. The minimum Gasteiger partial charge on any atom is -0.351 e. The summed E-state index contributed by atoms with van der Waals surface area (Å²) >= 11 is 4.67. The van der Waals surface area contributed by atoms with E-state index in [0.717, 1.165) is 20.9 Å². The zero-order chi connectivity index (χ0) is 13.6. The molecule has 0 bridgehead atoms. The van der Waals surface area contributed by atoms with Gasteiger partial charge in [-0.2, -0.15) is 0 Å². The maximum atomic E-state index is 11.7. The molecule has 1 aromatic heterocycles. The molecule has 0 saturated carbocycles. The molecule has 0 saturated heterocycles. The Hall–Kier alpha value is -0.270. The molecular weight excluding hydrogens is 286 g/mol. The molecule has 0 unspecified atom stereocenters. The predicted octanol–water partition coefficient (Wildman–Crippen LogP) is 3.05. The maximum Gasteiger partial charge on any atom is 0.230 e. The van der Waals surface area contributed by atoms with E-state index in [1.54, 1.807) is 23.1 Å². The Morgan fingerprint density at radius 1 is 1.28 bits per heavy atom. The normalized spacial score (nSPS) is 11.6. The van der Waals surface area contributed by atoms with E-state index in [-0.39, 0.29) is 11.4 Å². The molecule has 0 aliphatic rings. The van der Waals surface area contributed by atoms with Gasteiger partial charge in [0.25, 0.3) is 0 Å². The van der Waals surface area contributed by atoms with Gasteiger partial charge in [-0.1, -0.05) is 48.7 Å². The third kappa shape index (κ3) is 5.58. The Labute approximate surface area is 121 Å². The average Bonchev–Trinajstić information content (AvgIpc) is 2.74. The van der Waals surface area contributed by atoms with Crippen molar-refractivity contribution in [2.45, 2.75) is 48.3 Å². The van der Waals surface area contributed by atoms with Gasteiger partial charge in [0.1, 0.15) is 0 Å². The summed E-state index contributed by atoms with van der Waals surface area (Å²) in [6, 6.07) is 0. The van der Waals surface area contributed by atoms with Crippen LogP contribution in [-0.4, -0.2) is 33.1 Å². The number of carbonyl (C=O) groups excluding carboxylic acids is 1. The number of carbonyl (C=O) groups is 1. The fraction of sp³-hybridized carbons (Fsp3) is 0.727. The highest BCUT2D eigenvalue weighted by atomic mass is 32.2. The van der Waals surface area contributed by atoms with E-state index in [4.69, 9.17) is 0 Å². The molecular formula is C11H19N3OS3. The fourth-order valence-corrected chi connectivity index (χ4v) is 3.78. The summed E-state index contributed by atoms with van der Waals surface area (Å²) in [6.45, 7) is 8.19. The van der Waals surface area contributed by atoms with Gasteiger partial charge in [-0.25, -0.2) is 0 Å². The van der Waals surface area contributed by atoms with Crippen LogP contribution in [0, 0.1) is 0 Å². The second-order valence-corrected chi connectivity index (χ2v) is 8.05. The highest BCUT2D eigenvalue weighted by molar-refractivity contribution is 8.03. The number of hydrogen-bond acceptors (Lipinski definition) is 6. The van der Waals surface area contributed by atoms with Gasteiger partial charge in [0, 0.05) is 5.54 Å². The molecule has 1 N–H and O–H groups in total. The zero-order valence-corrected chi connectivity index (χ0v) is 13.6. The molecule has 0 spiro atoms. The number of nitrogens with zero attached hydrogens (tertiary/aromatic N) is 2. The largest absolute Gasteiger partial charge is 0.351 e. The number of hydrogen-bond donors (Lipinski definition) is 1. The lowest BCUT2D eigenvalue weighted by molar-refractivity contribution is -0.120. The van der Waals surface area contributed by atoms with Gasteiger partial charge in [0.05, 0.1) is 5.75 Å². The first-order chi connectivity index (χ1) is 8.46. The van der Waals surface area contributed by atoms with Crippen molar-refractivity contribution in [2.24, 2.45) is 0 Å². The average molecular weight is 305 g/mol. The van der Waals surface area contributed by atoms with Crippen molar-refractivity contribution >= 4 is 40.8 Å². The molecule has 18 heavy (non-hydrogen) atoms. The number of nitrogens with one attached hydrogen (secondary N) is 1. The van der Waals surface area contributed by atoms with Crippen LogP contribution >= 0.6 is 34.9 Å². The topological polar surface area (TPSA) is 54.9 Å². The Bertz CT molecular complexity index is 393. The van der Waals surface area contributed by atoms with E-state index >= 15 is 0 Å². The van der Waals surface area contributed by atoms with Crippen LogP contribution in [0.15, 0.2) is 8.68 Å². The summed E-state index contributed by atoms with van der Waals surface area (Å²) in [6.07, 6.45) is 0.916. The Morgan fingerprint density at radius 2 is 1.89 bits per heavy atom. The molecule has 1 rings (SSSR count). The van der Waals surface area contributed by atoms with Crippen molar-refractivity contribution in [2.75, 3.05) is 11.5 Å². The SMILES string of the molecule is CCSc1nnc(SCC(=O)NC(C)(C)CC)s1. The first kappa shape index (κ1) is 15.8. The highest BCUT2D eigenvalue weighted by Gasteiger charge is 2.18. The summed E-state index contributed by atoms with van der Waals surface area (Å²) in [4.78, 5) is 11.7. The van der Waals surface area contributed by atoms with Crippen molar-refractivity contribution < 1.29 is 4.79 Å². The first-order valence-electron chi connectivity index (χ1n) is 5.87. The standard InChI is InChI=1S/C11H19N3OS3/c1-5-11(3,4)12-8(15)7-17-10-14-13-9(18-10)16-6-2/h5-7H2,1-4H3,(H,12,15). The van der Waals surface area contributed by atoms with Gasteiger partial charge in [0.15, 0.2) is 8.68 Å². The van der Waals surface area contributed by atoms with Gasteiger partial charge < -0.3 is 5.32 Å². The van der Waals surface area contributed by atoms with Crippen LogP contribution in [0.2, 0.25) is 0 Å². The van der Waals surface area contributed by atoms with Crippen molar-refractivity contribution in [3.63, 3.8) is 0 Å². The van der Waals surface area contributed by atoms with Crippen molar-refractivity contribution in [3.8, 4) is 0 Å². The Kier molecular flexibility index (Phi) is 6.45. The second kappa shape index (κ2) is 7.35. The lowest BCUT2D eigenvalue weighted by atomic mass is 10.0. The minimum atomic E-state index is -0.137. The Morgan fingerprint density at radius 3 is 2.44 bits per heavy atom. The number of thioether (sulfide) groups is 2. The van der Waals surface area contributed by atoms with Crippen LogP contribution in [0.1, 0.15) is 34.1 Å². The molecule has 0 aliphatic heterocycles. The second-order valence-electron chi connectivity index (χ2n) is 4.34. The number of aromatic nitrogens is 2. The van der Waals surface area contributed by atoms with Crippen LogP contribution < -0.4 is 5.32 Å². The summed E-state index contributed by atoms with van der Waals surface area (Å²) in [5, 5.41) is 11.1. The van der Waals surface area contributed by atoms with Gasteiger partial charge in [-0.15, -0.1) is 10.2 Å². The van der Waals surface area contributed by atoms with E-state index in [1.165, 1.54) is 11.8 Å². The zero-order valence-electron chi connectivity index (χ0n) is 11.1. The molecule has 102 valence electrons. The van der Waals surface area contributed by atoms with Crippen LogP contribution in [0.4, 0.5) is 0 Å². The van der Waals surface area contributed by atoms with Gasteiger partial charge >= 0.3 is 0 Å². The van der Waals surface area contributed by atoms with Crippen molar-refractivity contribution in [3.05, 3.63) is 0 Å². The lowest BCUT2D eigenvalue weighted by Gasteiger charge is -2.24. The summed E-state index contributed by atoms with van der Waals surface area (Å²) in [5.41, 5.74) is -0.137. The molecule has 4 nitrogen and oxygen atoms in total. The van der Waals surface area contributed by atoms with Crippen LogP contribution in [-0.2, 0) is 4.79 Å². The molecule has 1 aromatic rings. The molecule has 0 radical (unpaired) electrons. The van der Waals surface area contributed by atoms with Crippen LogP contribution in [0.5, 0.6) is 0 Å². The monoisotopic (exact) mass is 305 g/mol. The van der Waals surface area contributed by atoms with Crippen LogP contribution in [0.3, 0.4) is 0 Å². The third-order valence-electron chi connectivity index (χ3n) is 2.34. The number of amides is 1. The van der Waals surface area contributed by atoms with Gasteiger partial charge in [-0.05, 0) is 26.0 Å². The van der Waals surface area contributed by atoms with E-state index in [0.29, 0.717) is 5.75 Å². The quantitative estimate of drug-likeness (QED) is 0.785. The predicted molar refractivity (Wildman–Crippen MR) is 79.5 cm³/mol. The van der Waals surface area contributed by atoms with E-state index < -0.39 is 0 Å². The van der Waals surface area contributed by atoms with Crippen LogP contribution in [0.25, 0.3) is 0 Å². The van der Waals surface area contributed by atoms with Gasteiger partial charge in [0.2, 0.25) is 5.91 Å². The highest BCUT2D eigenvalue weighted by Crippen LogP contribution is 2.28. The molecule has 1 heterocycles. The van der Waals surface area contributed by atoms with Crippen molar-refractivity contribution in [1.29, 1.82) is 0 Å². The molecule has 0 atom stereocenters. The fourth-order valence-electron chi connectivity index (χ4n) is 1.07. The molecule has 1 amide bonds. The maximum absolute atomic E-state index is 11.7. The van der Waals surface area contributed by atoms with E-state index in [9.17, 15) is 4.79 Å². The van der Waals surface area contributed by atoms with E-state index in [1.807, 2.05) is 13.8 Å². The summed E-state index contributed by atoms with van der Waals surface area (Å²) in [7, 11) is 0. The van der Waals surface area contributed by atoms with Crippen molar-refractivity contribution in [1.82, 2.24) is 15.5 Å². The molecule has 0 aliphatic carbocycles. The summed E-state index contributed by atoms with van der Waals surface area (Å²) < 4.78 is 1.82. The Balaban J connectivity index is 2.37. The smallest absolute Gasteiger partial charge is 0.230 e. The number of rotatable bonds is 7. The third-order valence-corrected chi connectivity index (χ3v) is 5.42. The molecule has 0 fully saturated rings. The molecule has 0 aromatic carbocycles.